The van der Waals surface area contributed by atoms with Crippen LogP contribution in [0.5, 0.6) is 5.75 Å². The molecule has 0 atom stereocenters. The maximum Gasteiger partial charge on any atom is 0.234 e. The van der Waals surface area contributed by atoms with E-state index in [0.717, 1.165) is 5.56 Å². The van der Waals surface area contributed by atoms with E-state index in [-0.39, 0.29) is 24.0 Å². The smallest absolute Gasteiger partial charge is 0.234 e. The Morgan fingerprint density at radius 2 is 1.88 bits per heavy atom. The Morgan fingerprint density at radius 1 is 1.09 bits per heavy atom. The molecule has 0 aliphatic carbocycles. The predicted octanol–water partition coefficient (Wildman–Crippen LogP) is 4.57. The van der Waals surface area contributed by atoms with Crippen LogP contribution in [0.4, 0.5) is 11.4 Å². The number of anilines is 2. The highest BCUT2D eigenvalue weighted by Crippen LogP contribution is 2.25. The number of carbonyl (C=O) groups is 2. The minimum Gasteiger partial charge on any atom is -0.492 e. The molecule has 0 fully saturated rings. The molecule has 3 aromatic rings. The number of thioether (sulfide) groups is 1. The van der Waals surface area contributed by atoms with Crippen LogP contribution in [0.1, 0.15) is 25.2 Å². The van der Waals surface area contributed by atoms with Crippen molar-refractivity contribution < 1.29 is 14.3 Å². The first-order chi connectivity index (χ1) is 15.9. The van der Waals surface area contributed by atoms with Crippen LogP contribution in [0.25, 0.3) is 0 Å². The van der Waals surface area contributed by atoms with Crippen LogP contribution in [0.2, 0.25) is 5.02 Å². The number of ether oxygens (including phenoxy) is 1. The zero-order valence-electron chi connectivity index (χ0n) is 18.7. The second-order valence-electron chi connectivity index (χ2n) is 7.10. The molecule has 1 heterocycles. The van der Waals surface area contributed by atoms with Crippen molar-refractivity contribution in [2.75, 3.05) is 23.0 Å². The third-order valence-corrected chi connectivity index (χ3v) is 6.05. The van der Waals surface area contributed by atoms with Gasteiger partial charge in [-0.2, -0.15) is 0 Å². The van der Waals surface area contributed by atoms with Gasteiger partial charge in [-0.3, -0.25) is 9.59 Å². The lowest BCUT2D eigenvalue weighted by atomic mass is 10.2. The van der Waals surface area contributed by atoms with Crippen molar-refractivity contribution in [2.24, 2.45) is 0 Å². The lowest BCUT2D eigenvalue weighted by Crippen LogP contribution is -2.18. The number of nitrogens with one attached hydrogen (secondary N) is 2. The molecule has 2 N–H and O–H groups in total. The van der Waals surface area contributed by atoms with Crippen molar-refractivity contribution in [1.82, 2.24) is 14.8 Å². The van der Waals surface area contributed by atoms with Gasteiger partial charge in [-0.15, -0.1) is 10.2 Å². The van der Waals surface area contributed by atoms with Gasteiger partial charge >= 0.3 is 0 Å². The summed E-state index contributed by atoms with van der Waals surface area (Å²) in [6.45, 7) is 6.80. The number of halogens is 1. The number of nitrogens with zero attached hydrogens (tertiary/aromatic N) is 3. The Hall–Kier alpha value is -3.04. The summed E-state index contributed by atoms with van der Waals surface area (Å²) in [6.07, 6.45) is 0.0564. The van der Waals surface area contributed by atoms with E-state index in [0.29, 0.717) is 46.3 Å². The highest BCUT2D eigenvalue weighted by molar-refractivity contribution is 7.99. The Bertz CT molecular complexity index is 1140. The van der Waals surface area contributed by atoms with Gasteiger partial charge in [0.2, 0.25) is 11.8 Å². The number of amides is 2. The molecule has 174 valence electrons. The lowest BCUT2D eigenvalue weighted by Gasteiger charge is -2.11. The minimum absolute atomic E-state index is 0.0564. The van der Waals surface area contributed by atoms with Gasteiger partial charge in [-0.05, 0) is 50.6 Å². The van der Waals surface area contributed by atoms with Crippen molar-refractivity contribution in [3.63, 3.8) is 0 Å². The first-order valence-electron chi connectivity index (χ1n) is 10.5. The summed E-state index contributed by atoms with van der Waals surface area (Å²) >= 11 is 7.38. The van der Waals surface area contributed by atoms with Gasteiger partial charge in [0, 0.05) is 17.3 Å². The summed E-state index contributed by atoms with van der Waals surface area (Å²) in [5, 5.41) is 15.2. The van der Waals surface area contributed by atoms with E-state index in [2.05, 4.69) is 20.8 Å². The molecule has 0 radical (unpaired) electrons. The highest BCUT2D eigenvalue weighted by atomic mass is 35.5. The fourth-order valence-electron chi connectivity index (χ4n) is 3.06. The van der Waals surface area contributed by atoms with Crippen LogP contribution in [-0.2, 0) is 22.6 Å². The third-order valence-electron chi connectivity index (χ3n) is 4.68. The van der Waals surface area contributed by atoms with Gasteiger partial charge in [0.1, 0.15) is 11.6 Å². The molecule has 2 aromatic carbocycles. The fourth-order valence-corrected chi connectivity index (χ4v) is 4.06. The molecule has 33 heavy (non-hydrogen) atoms. The predicted molar refractivity (Wildman–Crippen MR) is 131 cm³/mol. The Morgan fingerprint density at radius 3 is 2.61 bits per heavy atom. The first-order valence-corrected chi connectivity index (χ1v) is 11.9. The van der Waals surface area contributed by atoms with E-state index >= 15 is 0 Å². The Labute approximate surface area is 202 Å². The number of aryl methyl sites for hydroxylation is 1. The van der Waals surface area contributed by atoms with E-state index in [4.69, 9.17) is 16.3 Å². The van der Waals surface area contributed by atoms with Gasteiger partial charge in [-0.1, -0.05) is 41.6 Å². The van der Waals surface area contributed by atoms with Gasteiger partial charge in [0.15, 0.2) is 5.16 Å². The molecule has 0 unspecified atom stereocenters. The van der Waals surface area contributed by atoms with Crippen LogP contribution in [-0.4, -0.2) is 38.9 Å². The van der Waals surface area contributed by atoms with Crippen LogP contribution in [0.15, 0.2) is 47.6 Å². The zero-order chi connectivity index (χ0) is 23.8. The van der Waals surface area contributed by atoms with Crippen molar-refractivity contribution >= 4 is 46.6 Å². The number of rotatable bonds is 10. The molecular weight excluding hydrogens is 462 g/mol. The van der Waals surface area contributed by atoms with E-state index in [9.17, 15) is 9.59 Å². The van der Waals surface area contributed by atoms with E-state index in [1.165, 1.54) is 11.8 Å². The monoisotopic (exact) mass is 487 g/mol. The lowest BCUT2D eigenvalue weighted by molar-refractivity contribution is -0.116. The summed E-state index contributed by atoms with van der Waals surface area (Å²) in [5.74, 6) is 0.885. The topological polar surface area (TPSA) is 98.1 Å². The average molecular weight is 488 g/mol. The number of aromatic nitrogens is 3. The Balaban J connectivity index is 1.59. The number of benzene rings is 2. The SMILES string of the molecule is CCOc1ccccc1NC(=O)CSc1nnc(CC(=O)Nc2ccc(C)c(Cl)c2)n1CC. The number of hydrogen-bond acceptors (Lipinski definition) is 6. The zero-order valence-corrected chi connectivity index (χ0v) is 20.3. The number of carbonyl (C=O) groups excluding carboxylic acids is 2. The van der Waals surface area contributed by atoms with Crippen LogP contribution in [0, 0.1) is 6.92 Å². The maximum atomic E-state index is 12.5. The average Bonchev–Trinajstić information content (AvgIpc) is 3.17. The maximum absolute atomic E-state index is 12.5. The normalized spacial score (nSPS) is 10.7. The van der Waals surface area contributed by atoms with E-state index in [1.54, 1.807) is 18.2 Å². The Kier molecular flexibility index (Phi) is 8.73. The summed E-state index contributed by atoms with van der Waals surface area (Å²) in [4.78, 5) is 25.0. The van der Waals surface area contributed by atoms with Gasteiger partial charge < -0.3 is 19.9 Å². The van der Waals surface area contributed by atoms with E-state index < -0.39 is 0 Å². The molecular formula is C23H26ClN5O3S. The number of hydrogen-bond donors (Lipinski definition) is 2. The molecule has 0 bridgehead atoms. The molecule has 1 aromatic heterocycles. The second-order valence-corrected chi connectivity index (χ2v) is 8.45. The summed E-state index contributed by atoms with van der Waals surface area (Å²) < 4.78 is 7.37. The van der Waals surface area contributed by atoms with E-state index in [1.807, 2.05) is 49.6 Å². The molecule has 0 spiro atoms. The quantitative estimate of drug-likeness (QED) is 0.406. The van der Waals surface area contributed by atoms with Crippen LogP contribution < -0.4 is 15.4 Å². The van der Waals surface area contributed by atoms with Crippen molar-refractivity contribution in [3.05, 3.63) is 58.9 Å². The molecule has 0 saturated carbocycles. The molecule has 0 aliphatic rings. The molecule has 2 amide bonds. The second kappa shape index (κ2) is 11.7. The van der Waals surface area contributed by atoms with Gasteiger partial charge in [0.05, 0.1) is 24.5 Å². The van der Waals surface area contributed by atoms with Crippen molar-refractivity contribution in [2.45, 2.75) is 38.9 Å². The van der Waals surface area contributed by atoms with Crippen LogP contribution in [0.3, 0.4) is 0 Å². The number of para-hydroxylation sites is 2. The third kappa shape index (κ3) is 6.72. The first kappa shape index (κ1) is 24.6. The fraction of sp³-hybridized carbons (Fsp3) is 0.304. The molecule has 10 heteroatoms. The van der Waals surface area contributed by atoms with Crippen molar-refractivity contribution in [3.8, 4) is 5.75 Å². The largest absolute Gasteiger partial charge is 0.492 e. The van der Waals surface area contributed by atoms with Gasteiger partial charge in [0.25, 0.3) is 0 Å². The van der Waals surface area contributed by atoms with Crippen LogP contribution >= 0.6 is 23.4 Å². The summed E-state index contributed by atoms with van der Waals surface area (Å²) in [6, 6.07) is 12.6. The van der Waals surface area contributed by atoms with Crippen molar-refractivity contribution in [1.29, 1.82) is 0 Å². The molecule has 8 nitrogen and oxygen atoms in total. The summed E-state index contributed by atoms with van der Waals surface area (Å²) in [5.41, 5.74) is 2.18. The minimum atomic E-state index is -0.223. The standard InChI is InChI=1S/C23H26ClN5O3S/c1-4-29-20(13-21(30)25-16-11-10-15(3)17(24)12-16)27-28-23(29)33-14-22(31)26-18-8-6-7-9-19(18)32-5-2/h6-12H,4-5,13-14H2,1-3H3,(H,25,30)(H,26,31). The highest BCUT2D eigenvalue weighted by Gasteiger charge is 2.17. The van der Waals surface area contributed by atoms with Gasteiger partial charge in [-0.25, -0.2) is 0 Å². The summed E-state index contributed by atoms with van der Waals surface area (Å²) in [7, 11) is 0. The molecule has 0 saturated heterocycles. The molecule has 3 rings (SSSR count). The molecule has 0 aliphatic heterocycles.